The lowest BCUT2D eigenvalue weighted by Crippen LogP contribution is -2.19. The molecule has 0 bridgehead atoms. The highest BCUT2D eigenvalue weighted by Crippen LogP contribution is 2.26. The molecule has 2 aromatic carbocycles. The van der Waals surface area contributed by atoms with Gasteiger partial charge in [-0.25, -0.2) is 9.59 Å². The van der Waals surface area contributed by atoms with E-state index in [0.29, 0.717) is 16.3 Å². The minimum absolute atomic E-state index is 0.108. The number of urea groups is 1. The summed E-state index contributed by atoms with van der Waals surface area (Å²) in [5, 5.41) is 15.0. The summed E-state index contributed by atoms with van der Waals surface area (Å²) in [5.41, 5.74) is 0.891. The first-order valence-electron chi connectivity index (χ1n) is 6.24. The molecule has 2 aromatic rings. The maximum absolute atomic E-state index is 11.9. The van der Waals surface area contributed by atoms with Gasteiger partial charge in [-0.3, -0.25) is 0 Å². The second kappa shape index (κ2) is 6.82. The Balaban J connectivity index is 2.09. The molecule has 0 fully saturated rings. The number of aromatic hydroxyl groups is 1. The first kappa shape index (κ1) is 15.7. The Morgan fingerprint density at radius 2 is 1.91 bits per heavy atom. The summed E-state index contributed by atoms with van der Waals surface area (Å²) in [4.78, 5) is 23.3. The van der Waals surface area contributed by atoms with Gasteiger partial charge in [-0.05, 0) is 36.4 Å². The molecule has 2 rings (SSSR count). The fourth-order valence-corrected chi connectivity index (χ4v) is 1.91. The maximum atomic E-state index is 11.9. The molecule has 22 heavy (non-hydrogen) atoms. The van der Waals surface area contributed by atoms with Gasteiger partial charge in [0.05, 0.1) is 18.4 Å². The van der Waals surface area contributed by atoms with Crippen LogP contribution in [0.3, 0.4) is 0 Å². The van der Waals surface area contributed by atoms with Gasteiger partial charge in [0.15, 0.2) is 0 Å². The largest absolute Gasteiger partial charge is 0.506 e. The molecule has 7 heteroatoms. The van der Waals surface area contributed by atoms with E-state index in [1.54, 1.807) is 18.2 Å². The summed E-state index contributed by atoms with van der Waals surface area (Å²) in [6.45, 7) is 0. The predicted molar refractivity (Wildman–Crippen MR) is 83.5 cm³/mol. The molecule has 114 valence electrons. The first-order chi connectivity index (χ1) is 10.5. The van der Waals surface area contributed by atoms with E-state index in [9.17, 15) is 14.7 Å². The van der Waals surface area contributed by atoms with Crippen molar-refractivity contribution in [2.75, 3.05) is 17.7 Å². The van der Waals surface area contributed by atoms with Crippen LogP contribution in [0.2, 0.25) is 5.02 Å². The number of benzene rings is 2. The highest BCUT2D eigenvalue weighted by molar-refractivity contribution is 6.31. The van der Waals surface area contributed by atoms with Gasteiger partial charge < -0.3 is 20.5 Å². The maximum Gasteiger partial charge on any atom is 0.337 e. The molecular weight excluding hydrogens is 308 g/mol. The Kier molecular flexibility index (Phi) is 4.85. The van der Waals surface area contributed by atoms with E-state index in [0.717, 1.165) is 0 Å². The summed E-state index contributed by atoms with van der Waals surface area (Å²) in [7, 11) is 1.27. The van der Waals surface area contributed by atoms with Crippen LogP contribution in [-0.4, -0.2) is 24.2 Å². The van der Waals surface area contributed by atoms with Crippen LogP contribution >= 0.6 is 11.6 Å². The molecule has 6 nitrogen and oxygen atoms in total. The van der Waals surface area contributed by atoms with E-state index in [1.807, 2.05) is 0 Å². The number of esters is 1. The number of halogens is 1. The van der Waals surface area contributed by atoms with Crippen molar-refractivity contribution in [3.63, 3.8) is 0 Å². The average Bonchev–Trinajstić information content (AvgIpc) is 2.50. The molecule has 0 atom stereocenters. The van der Waals surface area contributed by atoms with Crippen molar-refractivity contribution in [2.24, 2.45) is 0 Å². The molecule has 3 N–H and O–H groups in total. The molecule has 0 radical (unpaired) electrons. The third-order valence-corrected chi connectivity index (χ3v) is 2.98. The van der Waals surface area contributed by atoms with Gasteiger partial charge >= 0.3 is 12.0 Å². The number of carbonyl (C=O) groups excluding carboxylic acids is 2. The number of ether oxygens (including phenoxy) is 1. The number of carbonyl (C=O) groups is 2. The van der Waals surface area contributed by atoms with Crippen molar-refractivity contribution < 1.29 is 19.4 Å². The lowest BCUT2D eigenvalue weighted by atomic mass is 10.2. The van der Waals surface area contributed by atoms with Crippen molar-refractivity contribution >= 4 is 35.0 Å². The molecule has 0 aromatic heterocycles. The lowest BCUT2D eigenvalue weighted by molar-refractivity contribution is 0.0600. The second-order valence-corrected chi connectivity index (χ2v) is 4.75. The zero-order valence-corrected chi connectivity index (χ0v) is 12.3. The molecule has 0 aliphatic carbocycles. The Hall–Kier alpha value is -2.73. The standard InChI is InChI=1S/C15H13ClN2O4/c1-22-14(20)9-3-2-4-11(7-9)17-15(21)18-12-8-10(16)5-6-13(12)19/h2-8,19H,1H3,(H2,17,18,21). The van der Waals surface area contributed by atoms with E-state index in [2.05, 4.69) is 15.4 Å². The number of hydrogen-bond acceptors (Lipinski definition) is 4. The van der Waals surface area contributed by atoms with Crippen LogP contribution in [0.15, 0.2) is 42.5 Å². The molecule has 0 aliphatic rings. The van der Waals surface area contributed by atoms with Gasteiger partial charge in [0.1, 0.15) is 5.75 Å². The van der Waals surface area contributed by atoms with Crippen molar-refractivity contribution in [3.05, 3.63) is 53.1 Å². The molecular formula is C15H13ClN2O4. The third kappa shape index (κ3) is 3.89. The van der Waals surface area contributed by atoms with Gasteiger partial charge in [-0.1, -0.05) is 17.7 Å². The molecule has 0 saturated carbocycles. The van der Waals surface area contributed by atoms with E-state index in [-0.39, 0.29) is 11.4 Å². The predicted octanol–water partition coefficient (Wildman–Crippen LogP) is 3.48. The molecule has 0 heterocycles. The first-order valence-corrected chi connectivity index (χ1v) is 6.62. The zero-order chi connectivity index (χ0) is 16.1. The Morgan fingerprint density at radius 1 is 1.14 bits per heavy atom. The van der Waals surface area contributed by atoms with Gasteiger partial charge in [0.25, 0.3) is 0 Å². The number of phenolic OH excluding ortho intramolecular Hbond substituents is 1. The van der Waals surface area contributed by atoms with Crippen molar-refractivity contribution in [3.8, 4) is 5.75 Å². The van der Waals surface area contributed by atoms with E-state index in [1.165, 1.54) is 31.4 Å². The van der Waals surface area contributed by atoms with Crippen LogP contribution in [-0.2, 0) is 4.74 Å². The van der Waals surface area contributed by atoms with Crippen LogP contribution in [0.25, 0.3) is 0 Å². The Bertz CT molecular complexity index is 718. The minimum atomic E-state index is -0.584. The quantitative estimate of drug-likeness (QED) is 0.597. The SMILES string of the molecule is COC(=O)c1cccc(NC(=O)Nc2cc(Cl)ccc2O)c1. The number of rotatable bonds is 3. The molecule has 0 unspecified atom stereocenters. The smallest absolute Gasteiger partial charge is 0.337 e. The van der Waals surface area contributed by atoms with Crippen LogP contribution in [0.4, 0.5) is 16.2 Å². The van der Waals surface area contributed by atoms with Crippen LogP contribution < -0.4 is 10.6 Å². The lowest BCUT2D eigenvalue weighted by Gasteiger charge is -2.10. The second-order valence-electron chi connectivity index (χ2n) is 4.31. The summed E-state index contributed by atoms with van der Waals surface area (Å²) < 4.78 is 4.61. The number of anilines is 2. The highest BCUT2D eigenvalue weighted by atomic mass is 35.5. The fourth-order valence-electron chi connectivity index (χ4n) is 1.73. The minimum Gasteiger partial charge on any atom is -0.506 e. The van der Waals surface area contributed by atoms with E-state index in [4.69, 9.17) is 11.6 Å². The van der Waals surface area contributed by atoms with Crippen LogP contribution in [0.5, 0.6) is 5.75 Å². The van der Waals surface area contributed by atoms with Crippen molar-refractivity contribution in [1.29, 1.82) is 0 Å². The molecule has 0 saturated heterocycles. The number of hydrogen-bond donors (Lipinski definition) is 3. The van der Waals surface area contributed by atoms with Crippen LogP contribution in [0, 0.1) is 0 Å². The van der Waals surface area contributed by atoms with Crippen molar-refractivity contribution in [2.45, 2.75) is 0 Å². The number of nitrogens with one attached hydrogen (secondary N) is 2. The Morgan fingerprint density at radius 3 is 2.64 bits per heavy atom. The zero-order valence-electron chi connectivity index (χ0n) is 11.6. The Labute approximate surface area is 131 Å². The van der Waals surface area contributed by atoms with Crippen molar-refractivity contribution in [1.82, 2.24) is 0 Å². The third-order valence-electron chi connectivity index (χ3n) is 2.75. The molecule has 0 aliphatic heterocycles. The molecule has 0 spiro atoms. The monoisotopic (exact) mass is 320 g/mol. The summed E-state index contributed by atoms with van der Waals surface area (Å²) in [6, 6.07) is 9.97. The fraction of sp³-hybridized carbons (Fsp3) is 0.0667. The summed E-state index contributed by atoms with van der Waals surface area (Å²) in [5.74, 6) is -0.612. The van der Waals surface area contributed by atoms with Gasteiger partial charge in [0.2, 0.25) is 0 Å². The van der Waals surface area contributed by atoms with Gasteiger partial charge in [-0.15, -0.1) is 0 Å². The van der Waals surface area contributed by atoms with Gasteiger partial charge in [-0.2, -0.15) is 0 Å². The summed E-state index contributed by atoms with van der Waals surface area (Å²) >= 11 is 5.80. The molecule has 2 amide bonds. The number of methoxy groups -OCH3 is 1. The van der Waals surface area contributed by atoms with E-state index < -0.39 is 12.0 Å². The number of amides is 2. The average molecular weight is 321 g/mol. The highest BCUT2D eigenvalue weighted by Gasteiger charge is 2.09. The summed E-state index contributed by atoms with van der Waals surface area (Å²) in [6.07, 6.45) is 0. The van der Waals surface area contributed by atoms with E-state index >= 15 is 0 Å². The van der Waals surface area contributed by atoms with Crippen LogP contribution in [0.1, 0.15) is 10.4 Å². The normalized spacial score (nSPS) is 9.91. The van der Waals surface area contributed by atoms with Gasteiger partial charge in [0, 0.05) is 10.7 Å². The topological polar surface area (TPSA) is 87.7 Å². The number of phenols is 1.